The number of ether oxygens (including phenoxy) is 2. The molecule has 122 valence electrons. The number of amides is 1. The van der Waals surface area contributed by atoms with Gasteiger partial charge in [0.25, 0.3) is 0 Å². The first kappa shape index (κ1) is 18.2. The fraction of sp³-hybridized carbons (Fsp3) is 0.294. The Morgan fingerprint density at radius 1 is 1.13 bits per heavy atom. The SMILES string of the molecule is COC(=O)C(CC=C=Cc1ccccc1)(NC(C)=O)C(=O)OC. The normalized spacial score (nSPS) is 10.0. The number of rotatable bonds is 6. The molecule has 0 spiro atoms. The third kappa shape index (κ3) is 4.83. The fourth-order valence-corrected chi connectivity index (χ4v) is 1.97. The van der Waals surface area contributed by atoms with E-state index >= 15 is 0 Å². The number of esters is 2. The van der Waals surface area contributed by atoms with Crippen LogP contribution in [0.3, 0.4) is 0 Å². The lowest BCUT2D eigenvalue weighted by atomic mass is 9.94. The van der Waals surface area contributed by atoms with Crippen LogP contribution >= 0.6 is 0 Å². The third-order valence-corrected chi connectivity index (χ3v) is 3.03. The maximum Gasteiger partial charge on any atom is 0.343 e. The fourth-order valence-electron chi connectivity index (χ4n) is 1.97. The Morgan fingerprint density at radius 3 is 2.17 bits per heavy atom. The summed E-state index contributed by atoms with van der Waals surface area (Å²) in [7, 11) is 2.26. The first-order valence-corrected chi connectivity index (χ1v) is 6.88. The molecule has 0 fully saturated rings. The van der Waals surface area contributed by atoms with E-state index in [9.17, 15) is 14.4 Å². The Morgan fingerprint density at radius 2 is 1.70 bits per heavy atom. The topological polar surface area (TPSA) is 81.7 Å². The molecule has 0 bridgehead atoms. The second-order valence-electron chi connectivity index (χ2n) is 4.70. The molecular weight excluding hydrogens is 298 g/mol. The number of methoxy groups -OCH3 is 2. The van der Waals surface area contributed by atoms with Gasteiger partial charge in [-0.25, -0.2) is 9.59 Å². The van der Waals surface area contributed by atoms with E-state index in [0.717, 1.165) is 19.8 Å². The van der Waals surface area contributed by atoms with Crippen molar-refractivity contribution < 1.29 is 23.9 Å². The molecule has 23 heavy (non-hydrogen) atoms. The number of nitrogens with one attached hydrogen (secondary N) is 1. The van der Waals surface area contributed by atoms with Crippen LogP contribution in [0.2, 0.25) is 0 Å². The lowest BCUT2D eigenvalue weighted by Gasteiger charge is -2.27. The molecule has 6 heteroatoms. The van der Waals surface area contributed by atoms with Crippen molar-refractivity contribution in [3.05, 3.63) is 47.7 Å². The molecule has 6 nitrogen and oxygen atoms in total. The first-order valence-electron chi connectivity index (χ1n) is 6.88. The summed E-state index contributed by atoms with van der Waals surface area (Å²) in [5.74, 6) is -2.36. The molecule has 1 amide bonds. The van der Waals surface area contributed by atoms with E-state index in [1.54, 1.807) is 6.08 Å². The zero-order valence-corrected chi connectivity index (χ0v) is 13.3. The van der Waals surface area contributed by atoms with Crippen LogP contribution in [0.4, 0.5) is 0 Å². The van der Waals surface area contributed by atoms with Gasteiger partial charge in [-0.1, -0.05) is 30.3 Å². The summed E-state index contributed by atoms with van der Waals surface area (Å²) in [6, 6.07) is 9.39. The molecule has 0 saturated carbocycles. The van der Waals surface area contributed by atoms with Gasteiger partial charge in [0.1, 0.15) is 0 Å². The smallest absolute Gasteiger partial charge is 0.343 e. The molecule has 0 unspecified atom stereocenters. The predicted octanol–water partition coefficient (Wildman–Crippen LogP) is 1.47. The average Bonchev–Trinajstić information content (AvgIpc) is 2.56. The highest BCUT2D eigenvalue weighted by molar-refractivity contribution is 6.07. The largest absolute Gasteiger partial charge is 0.467 e. The van der Waals surface area contributed by atoms with Crippen molar-refractivity contribution in [2.24, 2.45) is 0 Å². The minimum Gasteiger partial charge on any atom is -0.467 e. The van der Waals surface area contributed by atoms with Crippen LogP contribution < -0.4 is 5.32 Å². The molecule has 1 rings (SSSR count). The van der Waals surface area contributed by atoms with Crippen molar-refractivity contribution in [2.45, 2.75) is 18.9 Å². The Labute approximate surface area is 134 Å². The van der Waals surface area contributed by atoms with E-state index in [4.69, 9.17) is 0 Å². The van der Waals surface area contributed by atoms with Crippen molar-refractivity contribution in [1.82, 2.24) is 5.32 Å². The number of hydrogen-bond acceptors (Lipinski definition) is 5. The lowest BCUT2D eigenvalue weighted by molar-refractivity contribution is -0.165. The summed E-state index contributed by atoms with van der Waals surface area (Å²) >= 11 is 0. The molecule has 1 aromatic rings. The van der Waals surface area contributed by atoms with Gasteiger partial charge in [0.05, 0.1) is 14.2 Å². The second-order valence-corrected chi connectivity index (χ2v) is 4.70. The van der Waals surface area contributed by atoms with E-state index < -0.39 is 23.4 Å². The van der Waals surface area contributed by atoms with Crippen molar-refractivity contribution in [3.63, 3.8) is 0 Å². The maximum absolute atomic E-state index is 12.0. The third-order valence-electron chi connectivity index (χ3n) is 3.03. The number of carbonyl (C=O) groups is 3. The summed E-state index contributed by atoms with van der Waals surface area (Å²) in [6.07, 6.45) is 3.01. The molecule has 0 radical (unpaired) electrons. The summed E-state index contributed by atoms with van der Waals surface area (Å²) < 4.78 is 9.28. The van der Waals surface area contributed by atoms with Crippen LogP contribution in [0.5, 0.6) is 0 Å². The number of benzene rings is 1. The molecule has 0 heterocycles. The molecule has 0 aliphatic rings. The van der Waals surface area contributed by atoms with E-state index in [1.165, 1.54) is 13.0 Å². The van der Waals surface area contributed by atoms with Crippen molar-refractivity contribution >= 4 is 23.9 Å². The number of carbonyl (C=O) groups excluding carboxylic acids is 3. The molecule has 0 aliphatic carbocycles. The quantitative estimate of drug-likeness (QED) is 0.488. The van der Waals surface area contributed by atoms with Crippen LogP contribution in [0.15, 0.2) is 42.1 Å². The Bertz CT molecular complexity index is 614. The molecular formula is C17H19NO5. The van der Waals surface area contributed by atoms with Crippen LogP contribution in [0.1, 0.15) is 18.9 Å². The van der Waals surface area contributed by atoms with E-state index in [-0.39, 0.29) is 6.42 Å². The molecule has 0 atom stereocenters. The van der Waals surface area contributed by atoms with Gasteiger partial charge in [-0.15, -0.1) is 5.73 Å². The summed E-state index contributed by atoms with van der Waals surface area (Å²) in [5.41, 5.74) is 1.85. The van der Waals surface area contributed by atoms with Gasteiger partial charge in [-0.05, 0) is 17.7 Å². The van der Waals surface area contributed by atoms with Crippen LogP contribution in [-0.4, -0.2) is 37.6 Å². The van der Waals surface area contributed by atoms with Gasteiger partial charge in [0.2, 0.25) is 11.4 Å². The summed E-state index contributed by atoms with van der Waals surface area (Å²) in [6.45, 7) is 1.20. The highest BCUT2D eigenvalue weighted by Crippen LogP contribution is 2.16. The van der Waals surface area contributed by atoms with Crippen LogP contribution in [0.25, 0.3) is 6.08 Å². The molecule has 0 aromatic heterocycles. The van der Waals surface area contributed by atoms with Crippen molar-refractivity contribution in [3.8, 4) is 0 Å². The molecule has 1 aromatic carbocycles. The second kappa shape index (κ2) is 8.56. The van der Waals surface area contributed by atoms with Crippen molar-refractivity contribution in [1.29, 1.82) is 0 Å². The molecule has 0 saturated heterocycles. The van der Waals surface area contributed by atoms with Crippen LogP contribution in [0, 0.1) is 0 Å². The minimum atomic E-state index is -1.92. The van der Waals surface area contributed by atoms with Gasteiger partial charge in [0, 0.05) is 13.3 Å². The zero-order valence-electron chi connectivity index (χ0n) is 13.3. The predicted molar refractivity (Wildman–Crippen MR) is 84.2 cm³/mol. The molecule has 1 N–H and O–H groups in total. The van der Waals surface area contributed by atoms with Gasteiger partial charge in [0.15, 0.2) is 0 Å². The van der Waals surface area contributed by atoms with E-state index in [0.29, 0.717) is 0 Å². The minimum absolute atomic E-state index is 0.144. The van der Waals surface area contributed by atoms with E-state index in [1.807, 2.05) is 30.3 Å². The maximum atomic E-state index is 12.0. The van der Waals surface area contributed by atoms with Gasteiger partial charge in [-0.3, -0.25) is 4.79 Å². The Hall–Kier alpha value is -2.85. The Balaban J connectivity index is 3.08. The monoisotopic (exact) mass is 317 g/mol. The average molecular weight is 317 g/mol. The van der Waals surface area contributed by atoms with Gasteiger partial charge in [-0.2, -0.15) is 0 Å². The van der Waals surface area contributed by atoms with Gasteiger partial charge < -0.3 is 14.8 Å². The van der Waals surface area contributed by atoms with Gasteiger partial charge >= 0.3 is 11.9 Å². The summed E-state index contributed by atoms with van der Waals surface area (Å²) in [4.78, 5) is 35.5. The zero-order chi connectivity index (χ0) is 17.3. The van der Waals surface area contributed by atoms with Crippen LogP contribution in [-0.2, 0) is 23.9 Å². The van der Waals surface area contributed by atoms with Crippen molar-refractivity contribution in [2.75, 3.05) is 14.2 Å². The first-order chi connectivity index (χ1) is 11.0. The standard InChI is InChI=1S/C17H19NO5/c1-13(19)18-17(15(20)22-2,16(21)23-3)12-8-7-11-14-9-5-4-6-10-14/h4-6,8-11H,12H2,1-3H3,(H,18,19). The summed E-state index contributed by atoms with van der Waals surface area (Å²) in [5, 5.41) is 2.32. The van der Waals surface area contributed by atoms with E-state index in [2.05, 4.69) is 20.5 Å². The lowest BCUT2D eigenvalue weighted by Crippen LogP contribution is -2.60. The highest BCUT2D eigenvalue weighted by Gasteiger charge is 2.48. The highest BCUT2D eigenvalue weighted by atomic mass is 16.5. The Kier molecular flexibility index (Phi) is 6.77. The molecule has 0 aliphatic heterocycles. The number of hydrogen-bond donors (Lipinski definition) is 1.